The van der Waals surface area contributed by atoms with Crippen LogP contribution in [0.25, 0.3) is 0 Å². The number of carbonyl (C=O) groups excluding carboxylic acids is 2. The predicted molar refractivity (Wildman–Crippen MR) is 107 cm³/mol. The van der Waals surface area contributed by atoms with Crippen LogP contribution in [0.4, 0.5) is 0 Å². The average molecular weight is 395 g/mol. The summed E-state index contributed by atoms with van der Waals surface area (Å²) in [5, 5.41) is 21.0. The van der Waals surface area contributed by atoms with E-state index >= 15 is 0 Å². The van der Waals surface area contributed by atoms with Crippen LogP contribution in [0.3, 0.4) is 0 Å². The van der Waals surface area contributed by atoms with Crippen molar-refractivity contribution in [2.24, 2.45) is 5.92 Å². The molecule has 0 aromatic rings. The second kappa shape index (κ2) is 11.2. The number of rotatable bonds is 3. The van der Waals surface area contributed by atoms with Crippen LogP contribution < -0.4 is 0 Å². The van der Waals surface area contributed by atoms with E-state index in [0.717, 1.165) is 5.57 Å². The molecule has 0 saturated carbocycles. The number of hydrogen-bond donors (Lipinski definition) is 2. The molecule has 1 rings (SSSR count). The number of ether oxygens (including phenoxy) is 2. The number of hydrogen-bond acceptors (Lipinski definition) is 6. The summed E-state index contributed by atoms with van der Waals surface area (Å²) in [5.74, 6) is -0.595. The lowest BCUT2D eigenvalue weighted by Gasteiger charge is -2.29. The van der Waals surface area contributed by atoms with Crippen LogP contribution in [0.15, 0.2) is 34.9 Å². The van der Waals surface area contributed by atoms with E-state index in [4.69, 9.17) is 9.47 Å². The highest BCUT2D eigenvalue weighted by Gasteiger charge is 2.30. The minimum Gasteiger partial charge on any atom is -0.466 e. The number of aliphatic hydroxyl groups is 2. The summed E-state index contributed by atoms with van der Waals surface area (Å²) >= 11 is 0. The van der Waals surface area contributed by atoms with Gasteiger partial charge in [-0.15, -0.1) is 0 Å². The minimum absolute atomic E-state index is 0.229. The van der Waals surface area contributed by atoms with Gasteiger partial charge < -0.3 is 19.7 Å². The maximum Gasteiger partial charge on any atom is 0.333 e. The minimum atomic E-state index is -1.33. The molecule has 0 amide bonds. The van der Waals surface area contributed by atoms with Gasteiger partial charge in [0.15, 0.2) is 0 Å². The molecule has 0 aromatic carbocycles. The van der Waals surface area contributed by atoms with Gasteiger partial charge in [-0.3, -0.25) is 0 Å². The van der Waals surface area contributed by atoms with Gasteiger partial charge in [0, 0.05) is 11.1 Å². The molecule has 2 atom stereocenters. The summed E-state index contributed by atoms with van der Waals surface area (Å²) in [6, 6.07) is 0. The van der Waals surface area contributed by atoms with Crippen LogP contribution in [-0.2, 0) is 19.1 Å². The Morgan fingerprint density at radius 2 is 1.68 bits per heavy atom. The maximum atomic E-state index is 12.1. The number of esters is 2. The Kier molecular flexibility index (Phi) is 9.62. The van der Waals surface area contributed by atoms with Crippen molar-refractivity contribution in [1.29, 1.82) is 0 Å². The normalized spacial score (nSPS) is 25.1. The fraction of sp³-hybridized carbons (Fsp3) is 0.636. The van der Waals surface area contributed by atoms with Gasteiger partial charge in [-0.05, 0) is 51.4 Å². The van der Waals surface area contributed by atoms with Crippen LogP contribution in [0, 0.1) is 5.92 Å². The molecule has 0 aromatic heterocycles. The molecular formula is C22H34O6. The molecule has 0 fully saturated rings. The van der Waals surface area contributed by atoms with Crippen LogP contribution in [0.5, 0.6) is 0 Å². The maximum absolute atomic E-state index is 12.1. The van der Waals surface area contributed by atoms with Crippen molar-refractivity contribution in [3.63, 3.8) is 0 Å². The van der Waals surface area contributed by atoms with E-state index in [1.165, 1.54) is 14.2 Å². The molecule has 0 bridgehead atoms. The SMILES string of the molecule is COC(=O)C1=CCC[C@](C)(O)[C@H](O)CCC(C(=O)OC)=CC=C(C(C)C)CC1. The third kappa shape index (κ3) is 7.24. The first kappa shape index (κ1) is 24.1. The summed E-state index contributed by atoms with van der Waals surface area (Å²) < 4.78 is 9.73. The summed E-state index contributed by atoms with van der Waals surface area (Å²) in [4.78, 5) is 24.2. The topological polar surface area (TPSA) is 93.1 Å². The lowest BCUT2D eigenvalue weighted by atomic mass is 9.88. The fourth-order valence-electron chi connectivity index (χ4n) is 3.16. The van der Waals surface area contributed by atoms with E-state index in [9.17, 15) is 19.8 Å². The van der Waals surface area contributed by atoms with Crippen LogP contribution in [0.2, 0.25) is 0 Å². The van der Waals surface area contributed by atoms with E-state index < -0.39 is 17.7 Å². The lowest BCUT2D eigenvalue weighted by Crippen LogP contribution is -2.39. The molecule has 6 heteroatoms. The molecule has 0 heterocycles. The van der Waals surface area contributed by atoms with Crippen LogP contribution in [-0.4, -0.2) is 48.1 Å². The number of carbonyl (C=O) groups is 2. The Balaban J connectivity index is 3.29. The third-order valence-corrected chi connectivity index (χ3v) is 5.26. The second-order valence-electron chi connectivity index (χ2n) is 7.75. The second-order valence-corrected chi connectivity index (χ2v) is 7.75. The highest BCUT2D eigenvalue weighted by atomic mass is 16.5. The Labute approximate surface area is 167 Å². The van der Waals surface area contributed by atoms with Gasteiger partial charge in [0.25, 0.3) is 0 Å². The molecule has 0 radical (unpaired) electrons. The Morgan fingerprint density at radius 3 is 2.25 bits per heavy atom. The van der Waals surface area contributed by atoms with E-state index in [2.05, 4.69) is 13.8 Å². The van der Waals surface area contributed by atoms with Gasteiger partial charge >= 0.3 is 11.9 Å². The first-order chi connectivity index (χ1) is 13.1. The summed E-state index contributed by atoms with van der Waals surface area (Å²) in [5.41, 5.74) is 0.757. The summed E-state index contributed by atoms with van der Waals surface area (Å²) in [6.45, 7) is 5.68. The summed E-state index contributed by atoms with van der Waals surface area (Å²) in [7, 11) is 2.67. The molecule has 1 aliphatic carbocycles. The van der Waals surface area contributed by atoms with Crippen LogP contribution >= 0.6 is 0 Å². The zero-order valence-electron chi connectivity index (χ0n) is 17.7. The number of aliphatic hydroxyl groups excluding tert-OH is 1. The van der Waals surface area contributed by atoms with E-state index in [-0.39, 0.29) is 18.3 Å². The quantitative estimate of drug-likeness (QED) is 0.714. The fourth-order valence-corrected chi connectivity index (χ4v) is 3.16. The van der Waals surface area contributed by atoms with Gasteiger partial charge in [0.2, 0.25) is 0 Å². The molecule has 28 heavy (non-hydrogen) atoms. The molecule has 6 nitrogen and oxygen atoms in total. The highest BCUT2D eigenvalue weighted by molar-refractivity contribution is 5.89. The molecule has 2 N–H and O–H groups in total. The van der Waals surface area contributed by atoms with Crippen molar-refractivity contribution >= 4 is 11.9 Å². The van der Waals surface area contributed by atoms with Crippen molar-refractivity contribution in [3.05, 3.63) is 34.9 Å². The highest BCUT2D eigenvalue weighted by Crippen LogP contribution is 2.26. The molecule has 1 aliphatic rings. The third-order valence-electron chi connectivity index (χ3n) is 5.26. The van der Waals surface area contributed by atoms with Crippen molar-refractivity contribution in [2.45, 2.75) is 71.0 Å². The van der Waals surface area contributed by atoms with Crippen LogP contribution in [0.1, 0.15) is 59.3 Å². The number of allylic oxidation sites excluding steroid dienone is 4. The molecular weight excluding hydrogens is 360 g/mol. The van der Waals surface area contributed by atoms with Gasteiger partial charge in [0.1, 0.15) is 0 Å². The predicted octanol–water partition coefficient (Wildman–Crippen LogP) is 3.23. The standard InChI is InChI=1S/C22H34O6/c1-15(2)16-8-10-17(20(24)27-4)7-6-14-22(3,26)19(23)13-12-18(11-9-16)21(25)28-5/h7,9,11,15,19,23,26H,6,8,10,12-14H2,1-5H3/t19-,22+/m1/s1. The first-order valence-electron chi connectivity index (χ1n) is 9.78. The average Bonchev–Trinajstić information content (AvgIpc) is 2.65. The van der Waals surface area contributed by atoms with E-state index in [1.54, 1.807) is 19.1 Å². The zero-order chi connectivity index (χ0) is 21.3. The van der Waals surface area contributed by atoms with Crippen molar-refractivity contribution in [3.8, 4) is 0 Å². The van der Waals surface area contributed by atoms with Crippen molar-refractivity contribution in [1.82, 2.24) is 0 Å². The largest absolute Gasteiger partial charge is 0.466 e. The van der Waals surface area contributed by atoms with Gasteiger partial charge in [-0.25, -0.2) is 9.59 Å². The molecule has 0 aliphatic heterocycles. The van der Waals surface area contributed by atoms with Gasteiger partial charge in [-0.1, -0.05) is 37.6 Å². The summed E-state index contributed by atoms with van der Waals surface area (Å²) in [6.07, 6.45) is 6.80. The Bertz CT molecular complexity index is 639. The number of methoxy groups -OCH3 is 2. The van der Waals surface area contributed by atoms with Gasteiger partial charge in [0.05, 0.1) is 25.9 Å². The molecule has 0 unspecified atom stereocenters. The Morgan fingerprint density at radius 1 is 1.07 bits per heavy atom. The smallest absolute Gasteiger partial charge is 0.333 e. The molecule has 0 saturated heterocycles. The van der Waals surface area contributed by atoms with Crippen molar-refractivity contribution < 1.29 is 29.3 Å². The van der Waals surface area contributed by atoms with Gasteiger partial charge in [-0.2, -0.15) is 0 Å². The van der Waals surface area contributed by atoms with Crippen molar-refractivity contribution in [2.75, 3.05) is 14.2 Å². The van der Waals surface area contributed by atoms with E-state index in [1.807, 2.05) is 6.08 Å². The Hall–Kier alpha value is -1.92. The zero-order valence-corrected chi connectivity index (χ0v) is 17.7. The van der Waals surface area contributed by atoms with E-state index in [0.29, 0.717) is 43.3 Å². The molecule has 158 valence electrons. The monoisotopic (exact) mass is 394 g/mol. The molecule has 0 spiro atoms. The first-order valence-corrected chi connectivity index (χ1v) is 9.78. The lowest BCUT2D eigenvalue weighted by molar-refractivity contribution is -0.137.